The maximum atomic E-state index is 12.1. The first-order valence-electron chi connectivity index (χ1n) is 4.94. The lowest BCUT2D eigenvalue weighted by Gasteiger charge is -2.19. The van der Waals surface area contributed by atoms with E-state index in [1.54, 1.807) is 26.1 Å². The second kappa shape index (κ2) is 6.19. The standard InChI is InChI=1S/C11H13I2NO3/c1-6(15)5-14(2)11(17)8-3-7(12)4-9(13)10(8)16/h3-4,6,15-16H,5H2,1-2H3. The van der Waals surface area contributed by atoms with E-state index in [9.17, 15) is 15.0 Å². The molecule has 0 aliphatic carbocycles. The van der Waals surface area contributed by atoms with Gasteiger partial charge in [-0.15, -0.1) is 0 Å². The largest absolute Gasteiger partial charge is 0.506 e. The van der Waals surface area contributed by atoms with Crippen molar-refractivity contribution in [2.75, 3.05) is 13.6 Å². The van der Waals surface area contributed by atoms with Gasteiger partial charge in [0, 0.05) is 17.2 Å². The predicted molar refractivity (Wildman–Crippen MR) is 82.2 cm³/mol. The number of hydrogen-bond acceptors (Lipinski definition) is 3. The number of aliphatic hydroxyl groups is 1. The molecule has 1 rings (SSSR count). The molecule has 0 bridgehead atoms. The number of halogens is 2. The Morgan fingerprint density at radius 2 is 2.06 bits per heavy atom. The number of phenols is 1. The Labute approximate surface area is 127 Å². The number of nitrogens with zero attached hydrogens (tertiary/aromatic N) is 1. The zero-order valence-corrected chi connectivity index (χ0v) is 13.8. The van der Waals surface area contributed by atoms with Crippen LogP contribution in [0.3, 0.4) is 0 Å². The van der Waals surface area contributed by atoms with Crippen molar-refractivity contribution in [3.63, 3.8) is 0 Å². The lowest BCUT2D eigenvalue weighted by molar-refractivity contribution is 0.0700. The lowest BCUT2D eigenvalue weighted by atomic mass is 10.1. The second-order valence-electron chi connectivity index (χ2n) is 3.82. The van der Waals surface area contributed by atoms with Gasteiger partial charge >= 0.3 is 0 Å². The van der Waals surface area contributed by atoms with Gasteiger partial charge in [-0.2, -0.15) is 0 Å². The summed E-state index contributed by atoms with van der Waals surface area (Å²) in [6.45, 7) is 1.85. The smallest absolute Gasteiger partial charge is 0.257 e. The Hall–Kier alpha value is -0.0900. The minimum atomic E-state index is -0.590. The second-order valence-corrected chi connectivity index (χ2v) is 6.23. The molecule has 0 radical (unpaired) electrons. The minimum Gasteiger partial charge on any atom is -0.506 e. The first kappa shape index (κ1) is 15.0. The molecule has 1 aromatic carbocycles. The number of amides is 1. The van der Waals surface area contributed by atoms with Crippen molar-refractivity contribution in [3.05, 3.63) is 24.8 Å². The molecular formula is C11H13I2NO3. The molecule has 1 atom stereocenters. The average molecular weight is 461 g/mol. The average Bonchev–Trinajstić information content (AvgIpc) is 2.21. The van der Waals surface area contributed by atoms with Crippen LogP contribution in [0.1, 0.15) is 17.3 Å². The summed E-state index contributed by atoms with van der Waals surface area (Å²) in [6, 6.07) is 3.43. The van der Waals surface area contributed by atoms with Gasteiger partial charge in [-0.05, 0) is 64.2 Å². The molecule has 94 valence electrons. The third kappa shape index (κ3) is 3.95. The van der Waals surface area contributed by atoms with Gasteiger partial charge in [0.25, 0.3) is 5.91 Å². The topological polar surface area (TPSA) is 60.8 Å². The fourth-order valence-electron chi connectivity index (χ4n) is 1.41. The number of hydrogen-bond donors (Lipinski definition) is 2. The van der Waals surface area contributed by atoms with Gasteiger partial charge in [-0.3, -0.25) is 4.79 Å². The van der Waals surface area contributed by atoms with Gasteiger partial charge in [0.05, 0.1) is 15.2 Å². The number of aliphatic hydroxyl groups excluding tert-OH is 1. The number of phenolic OH excluding ortho intramolecular Hbond substituents is 1. The molecule has 1 unspecified atom stereocenters. The summed E-state index contributed by atoms with van der Waals surface area (Å²) < 4.78 is 1.53. The third-order valence-corrected chi connectivity index (χ3v) is 3.59. The number of rotatable bonds is 3. The fourth-order valence-corrected chi connectivity index (χ4v) is 3.26. The zero-order chi connectivity index (χ0) is 13.2. The summed E-state index contributed by atoms with van der Waals surface area (Å²) in [5.41, 5.74) is 0.268. The highest BCUT2D eigenvalue weighted by Crippen LogP contribution is 2.27. The Morgan fingerprint density at radius 3 is 2.59 bits per heavy atom. The summed E-state index contributed by atoms with van der Waals surface area (Å²) >= 11 is 4.08. The molecule has 0 saturated heterocycles. The van der Waals surface area contributed by atoms with E-state index in [-0.39, 0.29) is 23.8 Å². The van der Waals surface area contributed by atoms with Crippen LogP contribution in [-0.2, 0) is 0 Å². The van der Waals surface area contributed by atoms with E-state index in [0.29, 0.717) is 3.57 Å². The van der Waals surface area contributed by atoms with Crippen LogP contribution >= 0.6 is 45.2 Å². The Bertz CT molecular complexity index is 435. The number of carbonyl (C=O) groups excluding carboxylic acids is 1. The SMILES string of the molecule is CC(O)CN(C)C(=O)c1cc(I)cc(I)c1O. The minimum absolute atomic E-state index is 0.00606. The summed E-state index contributed by atoms with van der Waals surface area (Å²) in [4.78, 5) is 13.4. The molecule has 4 nitrogen and oxygen atoms in total. The van der Waals surface area contributed by atoms with E-state index in [0.717, 1.165) is 3.57 Å². The molecule has 0 heterocycles. The van der Waals surface area contributed by atoms with E-state index in [1.807, 2.05) is 22.6 Å². The highest BCUT2D eigenvalue weighted by atomic mass is 127. The highest BCUT2D eigenvalue weighted by molar-refractivity contribution is 14.1. The molecule has 0 aliphatic heterocycles. The van der Waals surface area contributed by atoms with E-state index >= 15 is 0 Å². The molecule has 17 heavy (non-hydrogen) atoms. The van der Waals surface area contributed by atoms with Gasteiger partial charge < -0.3 is 15.1 Å². The first-order valence-corrected chi connectivity index (χ1v) is 7.10. The lowest BCUT2D eigenvalue weighted by Crippen LogP contribution is -2.33. The first-order chi connectivity index (χ1) is 7.82. The fraction of sp³-hybridized carbons (Fsp3) is 0.364. The molecule has 6 heteroatoms. The van der Waals surface area contributed by atoms with E-state index in [1.165, 1.54) is 4.90 Å². The van der Waals surface area contributed by atoms with Gasteiger partial charge in [0.15, 0.2) is 0 Å². The van der Waals surface area contributed by atoms with Crippen molar-refractivity contribution in [2.45, 2.75) is 13.0 Å². The third-order valence-electron chi connectivity index (χ3n) is 2.14. The predicted octanol–water partition coefficient (Wildman–Crippen LogP) is 2.05. The van der Waals surface area contributed by atoms with Crippen molar-refractivity contribution < 1.29 is 15.0 Å². The summed E-state index contributed by atoms with van der Waals surface area (Å²) in [7, 11) is 1.60. The van der Waals surface area contributed by atoms with Gasteiger partial charge in [-0.25, -0.2) is 0 Å². The van der Waals surface area contributed by atoms with Crippen LogP contribution in [0, 0.1) is 7.14 Å². The summed E-state index contributed by atoms with van der Waals surface area (Å²) in [5.74, 6) is -0.298. The van der Waals surface area contributed by atoms with E-state index < -0.39 is 6.10 Å². The monoisotopic (exact) mass is 461 g/mol. The molecule has 0 saturated carbocycles. The highest BCUT2D eigenvalue weighted by Gasteiger charge is 2.19. The van der Waals surface area contributed by atoms with Crippen LogP contribution in [0.2, 0.25) is 0 Å². The molecule has 0 aromatic heterocycles. The van der Waals surface area contributed by atoms with Crippen molar-refractivity contribution in [2.24, 2.45) is 0 Å². The van der Waals surface area contributed by atoms with Crippen LogP contribution in [-0.4, -0.2) is 40.7 Å². The molecule has 0 fully saturated rings. The van der Waals surface area contributed by atoms with Gasteiger partial charge in [-0.1, -0.05) is 0 Å². The molecule has 1 aromatic rings. The Kier molecular flexibility index (Phi) is 5.45. The number of aromatic hydroxyl groups is 1. The van der Waals surface area contributed by atoms with Crippen LogP contribution < -0.4 is 0 Å². The zero-order valence-electron chi connectivity index (χ0n) is 9.44. The van der Waals surface area contributed by atoms with Crippen molar-refractivity contribution >= 4 is 51.1 Å². The number of carbonyl (C=O) groups is 1. The normalized spacial score (nSPS) is 12.3. The summed E-state index contributed by atoms with van der Waals surface area (Å²) in [6.07, 6.45) is -0.590. The van der Waals surface area contributed by atoms with Crippen molar-refractivity contribution in [1.82, 2.24) is 4.90 Å². The Balaban J connectivity index is 3.04. The maximum Gasteiger partial charge on any atom is 0.257 e. The number of likely N-dealkylation sites (N-methyl/N-ethyl adjacent to an activating group) is 1. The Morgan fingerprint density at radius 1 is 1.47 bits per heavy atom. The van der Waals surface area contributed by atoms with Crippen molar-refractivity contribution in [3.8, 4) is 5.75 Å². The quantitative estimate of drug-likeness (QED) is 0.679. The summed E-state index contributed by atoms with van der Waals surface area (Å²) in [5, 5.41) is 19.1. The molecule has 2 N–H and O–H groups in total. The van der Waals surface area contributed by atoms with Gasteiger partial charge in [0.1, 0.15) is 5.75 Å². The van der Waals surface area contributed by atoms with E-state index in [4.69, 9.17) is 0 Å². The van der Waals surface area contributed by atoms with Crippen LogP contribution in [0.25, 0.3) is 0 Å². The van der Waals surface area contributed by atoms with Crippen LogP contribution in [0.4, 0.5) is 0 Å². The van der Waals surface area contributed by atoms with Crippen LogP contribution in [0.15, 0.2) is 12.1 Å². The van der Waals surface area contributed by atoms with Crippen molar-refractivity contribution in [1.29, 1.82) is 0 Å². The van der Waals surface area contributed by atoms with E-state index in [2.05, 4.69) is 22.6 Å². The number of benzene rings is 1. The molecular weight excluding hydrogens is 448 g/mol. The molecule has 0 aliphatic rings. The maximum absolute atomic E-state index is 12.1. The van der Waals surface area contributed by atoms with Gasteiger partial charge in [0.2, 0.25) is 0 Å². The van der Waals surface area contributed by atoms with Crippen LogP contribution in [0.5, 0.6) is 5.75 Å². The molecule has 1 amide bonds. The molecule has 0 spiro atoms.